The second kappa shape index (κ2) is 8.43. The van der Waals surface area contributed by atoms with Gasteiger partial charge in [-0.05, 0) is 53.6 Å². The lowest BCUT2D eigenvalue weighted by Crippen LogP contribution is -2.42. The predicted octanol–water partition coefficient (Wildman–Crippen LogP) is 5.28. The Morgan fingerprint density at radius 1 is 0.818 bits per heavy atom. The first-order valence-corrected chi connectivity index (χ1v) is 12.8. The second-order valence-corrected chi connectivity index (χ2v) is 11.2. The first-order chi connectivity index (χ1) is 15.8. The van der Waals surface area contributed by atoms with Crippen LogP contribution in [0, 0.1) is 11.8 Å². The molecule has 5 nitrogen and oxygen atoms in total. The normalized spacial score (nSPS) is 20.8. The summed E-state index contributed by atoms with van der Waals surface area (Å²) in [7, 11) is -3.59. The molecule has 0 N–H and O–H groups in total. The lowest BCUT2D eigenvalue weighted by molar-refractivity contribution is 0.0385. The van der Waals surface area contributed by atoms with Gasteiger partial charge in [0, 0.05) is 24.2 Å². The van der Waals surface area contributed by atoms with Crippen molar-refractivity contribution < 1.29 is 17.9 Å². The Bertz CT molecular complexity index is 1240. The Labute approximate surface area is 195 Å². The van der Waals surface area contributed by atoms with Gasteiger partial charge in [-0.1, -0.05) is 62.4 Å². The van der Waals surface area contributed by atoms with E-state index < -0.39 is 22.1 Å². The van der Waals surface area contributed by atoms with Crippen LogP contribution in [-0.2, 0) is 14.8 Å². The molecule has 0 saturated carbocycles. The molecule has 3 aromatic rings. The lowest BCUT2D eigenvalue weighted by Gasteiger charge is -2.34. The largest absolute Gasteiger partial charge is 0.449 e. The summed E-state index contributed by atoms with van der Waals surface area (Å²) >= 11 is 0. The van der Waals surface area contributed by atoms with Gasteiger partial charge in [-0.15, -0.1) is 0 Å². The summed E-state index contributed by atoms with van der Waals surface area (Å²) in [5, 5.41) is 0. The number of nitrogens with zero attached hydrogens (tertiary/aromatic N) is 1. The van der Waals surface area contributed by atoms with Crippen LogP contribution in [0.3, 0.4) is 0 Å². The molecule has 0 radical (unpaired) electrons. The van der Waals surface area contributed by atoms with E-state index in [0.29, 0.717) is 30.5 Å². The molecule has 33 heavy (non-hydrogen) atoms. The molecule has 0 aromatic heterocycles. The van der Waals surface area contributed by atoms with E-state index in [-0.39, 0.29) is 4.90 Å². The van der Waals surface area contributed by atoms with Gasteiger partial charge in [0.05, 0.1) is 10.5 Å². The Hall–Kier alpha value is -2.96. The summed E-state index contributed by atoms with van der Waals surface area (Å²) in [5.74, 6) is 0.181. The number of rotatable bonds is 4. The second-order valence-electron chi connectivity index (χ2n) is 9.25. The van der Waals surface area contributed by atoms with Crippen LogP contribution in [0.25, 0.3) is 11.1 Å². The third-order valence-corrected chi connectivity index (χ3v) is 8.41. The van der Waals surface area contributed by atoms with Gasteiger partial charge in [-0.2, -0.15) is 4.31 Å². The summed E-state index contributed by atoms with van der Waals surface area (Å²) in [6.45, 7) is 5.21. The van der Waals surface area contributed by atoms with Gasteiger partial charge in [0.25, 0.3) is 0 Å². The van der Waals surface area contributed by atoms with Crippen molar-refractivity contribution in [3.05, 3.63) is 89.5 Å². The number of carbonyl (C=O) groups is 1. The number of hydrogen-bond acceptors (Lipinski definition) is 4. The number of esters is 1. The molecule has 1 aliphatic heterocycles. The van der Waals surface area contributed by atoms with E-state index >= 15 is 0 Å². The quantitative estimate of drug-likeness (QED) is 0.496. The Balaban J connectivity index is 1.37. The Morgan fingerprint density at radius 3 is 1.88 bits per heavy atom. The maximum Gasteiger partial charge on any atom is 0.339 e. The van der Waals surface area contributed by atoms with Crippen LogP contribution in [0.2, 0.25) is 0 Å². The van der Waals surface area contributed by atoms with E-state index in [1.807, 2.05) is 48.5 Å². The van der Waals surface area contributed by atoms with Crippen molar-refractivity contribution in [2.45, 2.75) is 31.3 Å². The molecule has 1 heterocycles. The maximum absolute atomic E-state index is 13.1. The van der Waals surface area contributed by atoms with Gasteiger partial charge in [-0.3, -0.25) is 0 Å². The van der Waals surface area contributed by atoms with E-state index in [4.69, 9.17) is 4.74 Å². The van der Waals surface area contributed by atoms with Gasteiger partial charge < -0.3 is 4.74 Å². The van der Waals surface area contributed by atoms with Gasteiger partial charge in [-0.25, -0.2) is 13.2 Å². The molecule has 0 unspecified atom stereocenters. The molecule has 3 aromatic carbocycles. The highest BCUT2D eigenvalue weighted by Crippen LogP contribution is 2.45. The third-order valence-electron chi connectivity index (χ3n) is 6.56. The number of piperidine rings is 1. The zero-order chi connectivity index (χ0) is 23.2. The molecular formula is C27H27NO4S. The molecule has 170 valence electrons. The van der Waals surface area contributed by atoms with Crippen LogP contribution < -0.4 is 0 Å². The van der Waals surface area contributed by atoms with E-state index in [9.17, 15) is 13.2 Å². The fraction of sp³-hybridized carbons (Fsp3) is 0.296. The summed E-state index contributed by atoms with van der Waals surface area (Å²) < 4.78 is 33.7. The first-order valence-electron chi connectivity index (χ1n) is 11.3. The molecule has 0 spiro atoms. The van der Waals surface area contributed by atoms with E-state index in [1.54, 1.807) is 16.4 Å². The molecule has 1 fully saturated rings. The number of fused-ring (bicyclic) bond motifs is 3. The van der Waals surface area contributed by atoms with Crippen LogP contribution in [0.5, 0.6) is 0 Å². The molecule has 0 bridgehead atoms. The minimum atomic E-state index is -3.59. The van der Waals surface area contributed by atoms with Crippen LogP contribution in [0.15, 0.2) is 77.7 Å². The lowest BCUT2D eigenvalue weighted by atomic mass is 9.94. The summed E-state index contributed by atoms with van der Waals surface area (Å²) in [5.41, 5.74) is 4.38. The Kier molecular flexibility index (Phi) is 5.59. The Morgan fingerprint density at radius 2 is 1.33 bits per heavy atom. The number of carbonyl (C=O) groups excluding carboxylic acids is 1. The van der Waals surface area contributed by atoms with E-state index in [1.165, 1.54) is 12.1 Å². The van der Waals surface area contributed by atoms with Crippen molar-refractivity contribution in [2.24, 2.45) is 11.8 Å². The van der Waals surface area contributed by atoms with Gasteiger partial charge in [0.2, 0.25) is 10.0 Å². The monoisotopic (exact) mass is 461 g/mol. The minimum absolute atomic E-state index is 0.205. The number of benzene rings is 3. The molecule has 0 amide bonds. The van der Waals surface area contributed by atoms with Gasteiger partial charge in [0.1, 0.15) is 0 Å². The molecule has 5 rings (SSSR count). The highest BCUT2D eigenvalue weighted by molar-refractivity contribution is 7.89. The fourth-order valence-electron chi connectivity index (χ4n) is 5.13. The molecular weight excluding hydrogens is 434 g/mol. The number of hydrogen-bond donors (Lipinski definition) is 0. The molecule has 2 aliphatic rings. The van der Waals surface area contributed by atoms with Crippen molar-refractivity contribution in [2.75, 3.05) is 13.1 Å². The predicted molar refractivity (Wildman–Crippen MR) is 127 cm³/mol. The van der Waals surface area contributed by atoms with Crippen LogP contribution in [-0.4, -0.2) is 31.8 Å². The first kappa shape index (κ1) is 21.9. The molecule has 2 atom stereocenters. The van der Waals surface area contributed by atoms with Crippen LogP contribution in [0.1, 0.15) is 47.9 Å². The molecule has 1 aliphatic carbocycles. The van der Waals surface area contributed by atoms with Crippen molar-refractivity contribution in [1.29, 1.82) is 0 Å². The summed E-state index contributed by atoms with van der Waals surface area (Å²) in [4.78, 5) is 13.2. The number of sulfonamides is 1. The highest BCUT2D eigenvalue weighted by atomic mass is 32.2. The van der Waals surface area contributed by atoms with Crippen molar-refractivity contribution in [3.8, 4) is 11.1 Å². The zero-order valence-corrected chi connectivity index (χ0v) is 19.6. The average Bonchev–Trinajstić information content (AvgIpc) is 3.12. The standard InChI is InChI=1S/C27H27NO4S/c1-18-15-19(2)17-28(16-18)33(30,31)21-13-11-20(12-14-21)27(29)32-26-24-9-5-3-7-22(24)23-8-4-6-10-25(23)26/h3-14,18-19,26H,15-17H2,1-2H3/t18-,19+. The fourth-order valence-corrected chi connectivity index (χ4v) is 6.81. The van der Waals surface area contributed by atoms with Gasteiger partial charge in [0.15, 0.2) is 6.10 Å². The topological polar surface area (TPSA) is 63.7 Å². The van der Waals surface area contributed by atoms with Crippen LogP contribution >= 0.6 is 0 Å². The maximum atomic E-state index is 13.1. The van der Waals surface area contributed by atoms with Gasteiger partial charge >= 0.3 is 5.97 Å². The highest BCUT2D eigenvalue weighted by Gasteiger charge is 2.33. The van der Waals surface area contributed by atoms with Crippen molar-refractivity contribution in [1.82, 2.24) is 4.31 Å². The van der Waals surface area contributed by atoms with Crippen molar-refractivity contribution in [3.63, 3.8) is 0 Å². The zero-order valence-electron chi connectivity index (χ0n) is 18.8. The molecule has 1 saturated heterocycles. The minimum Gasteiger partial charge on any atom is -0.449 e. The third kappa shape index (κ3) is 3.98. The van der Waals surface area contributed by atoms with E-state index in [0.717, 1.165) is 28.7 Å². The molecule has 6 heteroatoms. The SMILES string of the molecule is C[C@@H]1C[C@H](C)CN(S(=O)(=O)c2ccc(C(=O)OC3c4ccccc4-c4ccccc43)cc2)C1. The van der Waals surface area contributed by atoms with E-state index in [2.05, 4.69) is 13.8 Å². The average molecular weight is 462 g/mol. The smallest absolute Gasteiger partial charge is 0.339 e. The summed E-state index contributed by atoms with van der Waals surface area (Å²) in [6, 6.07) is 21.9. The number of ether oxygens (including phenoxy) is 1. The summed E-state index contributed by atoms with van der Waals surface area (Å²) in [6.07, 6.45) is 0.550. The van der Waals surface area contributed by atoms with Crippen molar-refractivity contribution >= 4 is 16.0 Å². The van der Waals surface area contributed by atoms with Crippen LogP contribution in [0.4, 0.5) is 0 Å².